The third kappa shape index (κ3) is 3.58. The van der Waals surface area contributed by atoms with Gasteiger partial charge in [-0.3, -0.25) is 4.21 Å². The molecule has 0 amide bonds. The predicted molar refractivity (Wildman–Crippen MR) is 58.7 cm³/mol. The number of hydrogen-bond donors (Lipinski definition) is 1. The first-order valence-electron chi connectivity index (χ1n) is 4.33. The van der Waals surface area contributed by atoms with Crippen LogP contribution < -0.4 is 5.32 Å². The van der Waals surface area contributed by atoms with Crippen LogP contribution in [0.3, 0.4) is 0 Å². The van der Waals surface area contributed by atoms with Gasteiger partial charge in [-0.1, -0.05) is 6.07 Å². The van der Waals surface area contributed by atoms with Gasteiger partial charge in [0.2, 0.25) is 0 Å². The molecule has 0 aromatic carbocycles. The summed E-state index contributed by atoms with van der Waals surface area (Å²) in [6.45, 7) is 2.10. The normalized spacial score (nSPS) is 15.5. The minimum absolute atomic E-state index is 0.448. The Hall–Kier alpha value is -0.190. The van der Waals surface area contributed by atoms with Gasteiger partial charge in [-0.25, -0.2) is 0 Å². The SMILES string of the molecule is CNC(C)CCS(=O)c1cccs1. The van der Waals surface area contributed by atoms with E-state index < -0.39 is 10.8 Å². The van der Waals surface area contributed by atoms with Crippen molar-refractivity contribution in [1.82, 2.24) is 5.32 Å². The monoisotopic (exact) mass is 217 g/mol. The lowest BCUT2D eigenvalue weighted by Gasteiger charge is -2.08. The fourth-order valence-electron chi connectivity index (χ4n) is 0.922. The van der Waals surface area contributed by atoms with Gasteiger partial charge in [-0.15, -0.1) is 11.3 Å². The molecule has 2 unspecified atom stereocenters. The first-order valence-corrected chi connectivity index (χ1v) is 6.53. The molecule has 0 bridgehead atoms. The molecule has 2 atom stereocenters. The third-order valence-corrected chi connectivity index (χ3v) is 4.65. The second-order valence-electron chi connectivity index (χ2n) is 2.96. The average Bonchev–Trinajstić information content (AvgIpc) is 2.66. The zero-order valence-corrected chi connectivity index (χ0v) is 9.58. The molecule has 2 nitrogen and oxygen atoms in total. The van der Waals surface area contributed by atoms with E-state index in [9.17, 15) is 4.21 Å². The largest absolute Gasteiger partial charge is 0.317 e. The lowest BCUT2D eigenvalue weighted by molar-refractivity contribution is 0.591. The molecular formula is C9H15NOS2. The second-order valence-corrected chi connectivity index (χ2v) is 5.71. The van der Waals surface area contributed by atoms with E-state index in [2.05, 4.69) is 12.2 Å². The van der Waals surface area contributed by atoms with Crippen molar-refractivity contribution in [3.8, 4) is 0 Å². The molecule has 0 aliphatic heterocycles. The summed E-state index contributed by atoms with van der Waals surface area (Å²) in [6, 6.07) is 4.33. The van der Waals surface area contributed by atoms with Crippen molar-refractivity contribution in [3.63, 3.8) is 0 Å². The number of hydrogen-bond acceptors (Lipinski definition) is 3. The van der Waals surface area contributed by atoms with Gasteiger partial charge in [0, 0.05) is 11.8 Å². The first kappa shape index (κ1) is 10.9. The Labute approximate surface area is 85.8 Å². The van der Waals surface area contributed by atoms with Crippen molar-refractivity contribution in [2.24, 2.45) is 0 Å². The topological polar surface area (TPSA) is 29.1 Å². The molecule has 0 saturated carbocycles. The molecule has 74 valence electrons. The quantitative estimate of drug-likeness (QED) is 0.815. The Bertz CT molecular complexity index is 259. The summed E-state index contributed by atoms with van der Waals surface area (Å²) in [5, 5.41) is 5.10. The van der Waals surface area contributed by atoms with Gasteiger partial charge < -0.3 is 5.32 Å². The zero-order valence-electron chi connectivity index (χ0n) is 7.95. The number of rotatable bonds is 5. The van der Waals surface area contributed by atoms with Gasteiger partial charge in [0.05, 0.1) is 15.0 Å². The highest BCUT2D eigenvalue weighted by Gasteiger charge is 2.06. The van der Waals surface area contributed by atoms with E-state index in [-0.39, 0.29) is 0 Å². The minimum Gasteiger partial charge on any atom is -0.317 e. The summed E-state index contributed by atoms with van der Waals surface area (Å²) in [6.07, 6.45) is 0.959. The Kier molecular flexibility index (Phi) is 4.62. The zero-order chi connectivity index (χ0) is 9.68. The Morgan fingerprint density at radius 3 is 3.00 bits per heavy atom. The summed E-state index contributed by atoms with van der Waals surface area (Å²) in [5.74, 6) is 0.752. The lowest BCUT2D eigenvalue weighted by atomic mass is 10.3. The number of nitrogens with one attached hydrogen (secondary N) is 1. The van der Waals surface area contributed by atoms with E-state index in [1.807, 2.05) is 24.6 Å². The third-order valence-electron chi connectivity index (χ3n) is 1.95. The van der Waals surface area contributed by atoms with Crippen molar-refractivity contribution in [3.05, 3.63) is 17.5 Å². The van der Waals surface area contributed by atoms with E-state index >= 15 is 0 Å². The van der Waals surface area contributed by atoms with Gasteiger partial charge in [-0.05, 0) is 31.8 Å². The van der Waals surface area contributed by atoms with Crippen molar-refractivity contribution < 1.29 is 4.21 Å². The molecule has 1 aromatic heterocycles. The highest BCUT2D eigenvalue weighted by molar-refractivity contribution is 7.87. The highest BCUT2D eigenvalue weighted by Crippen LogP contribution is 2.14. The summed E-state index contributed by atoms with van der Waals surface area (Å²) in [7, 11) is 1.13. The molecule has 1 aromatic rings. The van der Waals surface area contributed by atoms with E-state index in [4.69, 9.17) is 0 Å². The van der Waals surface area contributed by atoms with Crippen molar-refractivity contribution in [1.29, 1.82) is 0 Å². The molecule has 4 heteroatoms. The molecule has 0 aliphatic carbocycles. The maximum atomic E-state index is 11.6. The predicted octanol–water partition coefficient (Wildman–Crippen LogP) is 1.85. The van der Waals surface area contributed by atoms with Gasteiger partial charge >= 0.3 is 0 Å². The highest BCUT2D eigenvalue weighted by atomic mass is 32.2. The fourth-order valence-corrected chi connectivity index (χ4v) is 3.22. The summed E-state index contributed by atoms with van der Waals surface area (Å²) in [4.78, 5) is 0. The molecule has 1 rings (SSSR count). The standard InChI is InChI=1S/C9H15NOS2/c1-8(10-2)5-7-13(11)9-4-3-6-12-9/h3-4,6,8,10H,5,7H2,1-2H3. The van der Waals surface area contributed by atoms with Gasteiger partial charge in [0.1, 0.15) is 0 Å². The van der Waals surface area contributed by atoms with Crippen LogP contribution in [0.15, 0.2) is 21.7 Å². The van der Waals surface area contributed by atoms with Crippen LogP contribution in [-0.4, -0.2) is 23.1 Å². The molecule has 1 N–H and O–H groups in total. The Balaban J connectivity index is 2.35. The molecule has 1 heterocycles. The average molecular weight is 217 g/mol. The van der Waals surface area contributed by atoms with Crippen molar-refractivity contribution in [2.45, 2.75) is 23.6 Å². The molecule has 13 heavy (non-hydrogen) atoms. The van der Waals surface area contributed by atoms with Crippen LogP contribution in [0.5, 0.6) is 0 Å². The molecule has 0 spiro atoms. The van der Waals surface area contributed by atoms with Gasteiger partial charge in [0.25, 0.3) is 0 Å². The van der Waals surface area contributed by atoms with Crippen molar-refractivity contribution >= 4 is 22.1 Å². The Morgan fingerprint density at radius 2 is 2.46 bits per heavy atom. The van der Waals surface area contributed by atoms with E-state index in [0.29, 0.717) is 6.04 Å². The lowest BCUT2D eigenvalue weighted by Crippen LogP contribution is -2.23. The fraction of sp³-hybridized carbons (Fsp3) is 0.556. The Morgan fingerprint density at radius 1 is 1.69 bits per heavy atom. The van der Waals surface area contributed by atoms with Crippen LogP contribution in [0.4, 0.5) is 0 Å². The molecule has 0 aliphatic rings. The van der Waals surface area contributed by atoms with E-state index in [1.165, 1.54) is 0 Å². The molecule has 0 fully saturated rings. The smallest absolute Gasteiger partial charge is 0.0910 e. The maximum absolute atomic E-state index is 11.6. The van der Waals surface area contributed by atoms with Crippen LogP contribution >= 0.6 is 11.3 Å². The summed E-state index contributed by atoms with van der Waals surface area (Å²) >= 11 is 1.57. The maximum Gasteiger partial charge on any atom is 0.0910 e. The van der Waals surface area contributed by atoms with Crippen LogP contribution in [-0.2, 0) is 10.8 Å². The van der Waals surface area contributed by atoms with Crippen LogP contribution in [0, 0.1) is 0 Å². The first-order chi connectivity index (χ1) is 6.24. The molecule has 0 radical (unpaired) electrons. The van der Waals surface area contributed by atoms with Gasteiger partial charge in [-0.2, -0.15) is 0 Å². The van der Waals surface area contributed by atoms with Crippen LogP contribution in [0.2, 0.25) is 0 Å². The van der Waals surface area contributed by atoms with E-state index in [0.717, 1.165) is 16.4 Å². The minimum atomic E-state index is -0.796. The second kappa shape index (κ2) is 5.52. The number of thiophene rings is 1. The van der Waals surface area contributed by atoms with Crippen LogP contribution in [0.25, 0.3) is 0 Å². The molecular weight excluding hydrogens is 202 g/mol. The summed E-state index contributed by atoms with van der Waals surface area (Å²) in [5.41, 5.74) is 0. The van der Waals surface area contributed by atoms with Gasteiger partial charge in [0.15, 0.2) is 0 Å². The van der Waals surface area contributed by atoms with E-state index in [1.54, 1.807) is 11.3 Å². The van der Waals surface area contributed by atoms with Crippen molar-refractivity contribution in [2.75, 3.05) is 12.8 Å². The summed E-state index contributed by atoms with van der Waals surface area (Å²) < 4.78 is 12.6. The molecule has 0 saturated heterocycles. The van der Waals surface area contributed by atoms with Crippen LogP contribution in [0.1, 0.15) is 13.3 Å².